The number of carbonyl (C=O) groups is 1. The highest BCUT2D eigenvalue weighted by atomic mass is 35.5. The second-order valence-electron chi connectivity index (χ2n) is 14.1. The minimum absolute atomic E-state index is 0.0307. The van der Waals surface area contributed by atoms with E-state index in [2.05, 4.69) is 127 Å². The third kappa shape index (κ3) is 8.42. The molecule has 1 aliphatic rings. The molecule has 0 radical (unpaired) electrons. The molecule has 1 saturated heterocycles. The van der Waals surface area contributed by atoms with Gasteiger partial charge in [-0.1, -0.05) is 128 Å². The molecule has 4 aromatic carbocycles. The normalized spacial score (nSPS) is 15.8. The van der Waals surface area contributed by atoms with E-state index >= 15 is 0 Å². The molecule has 264 valence electrons. The van der Waals surface area contributed by atoms with Crippen LogP contribution < -0.4 is 10.6 Å². The van der Waals surface area contributed by atoms with Crippen molar-refractivity contribution in [3.63, 3.8) is 0 Å². The zero-order valence-electron chi connectivity index (χ0n) is 29.8. The molecule has 5 aromatic rings. The van der Waals surface area contributed by atoms with Crippen molar-refractivity contribution < 1.29 is 14.1 Å². The van der Waals surface area contributed by atoms with Crippen molar-refractivity contribution in [1.29, 1.82) is 0 Å². The first kappa shape index (κ1) is 36.4. The van der Waals surface area contributed by atoms with E-state index < -0.39 is 5.54 Å². The van der Waals surface area contributed by atoms with Crippen LogP contribution in [0.3, 0.4) is 0 Å². The van der Waals surface area contributed by atoms with Gasteiger partial charge >= 0.3 is 7.12 Å². The first-order chi connectivity index (χ1) is 24.6. The average Bonchev–Trinajstić information content (AvgIpc) is 3.68. The minimum atomic E-state index is -0.770. The number of unbranched alkanes of at least 4 members (excludes halogenated alkanes) is 1. The fourth-order valence-electron chi connectivity index (χ4n) is 6.65. The Morgan fingerprint density at radius 2 is 1.33 bits per heavy atom. The van der Waals surface area contributed by atoms with E-state index in [9.17, 15) is 4.79 Å². The summed E-state index contributed by atoms with van der Waals surface area (Å²) in [5.41, 5.74) is 2.65. The predicted octanol–water partition coefficient (Wildman–Crippen LogP) is 7.53. The zero-order chi connectivity index (χ0) is 35.9. The molecule has 11 heteroatoms. The zero-order valence-corrected chi connectivity index (χ0v) is 30.5. The number of halogens is 1. The number of amides is 1. The maximum Gasteiger partial charge on any atom is 0.457 e. The average molecular weight is 705 g/mol. The lowest BCUT2D eigenvalue weighted by molar-refractivity contribution is -0.122. The Morgan fingerprint density at radius 3 is 1.86 bits per heavy atom. The molecule has 0 spiro atoms. The van der Waals surface area contributed by atoms with Crippen molar-refractivity contribution >= 4 is 24.6 Å². The molecule has 6 rings (SSSR count). The second-order valence-corrected chi connectivity index (χ2v) is 14.5. The van der Waals surface area contributed by atoms with Gasteiger partial charge in [-0.25, -0.2) is 4.68 Å². The monoisotopic (exact) mass is 704 g/mol. The number of hydrogen-bond acceptors (Lipinski definition) is 7. The van der Waals surface area contributed by atoms with E-state index in [1.807, 2.05) is 42.5 Å². The summed E-state index contributed by atoms with van der Waals surface area (Å²) in [6, 6.07) is 38.4. The van der Waals surface area contributed by atoms with Gasteiger partial charge in [-0.15, -0.1) is 5.10 Å². The summed E-state index contributed by atoms with van der Waals surface area (Å²) in [5.74, 6) is 0.387. The van der Waals surface area contributed by atoms with Crippen LogP contribution in [-0.2, 0) is 32.7 Å². The number of benzene rings is 4. The third-order valence-electron chi connectivity index (χ3n) is 10.1. The van der Waals surface area contributed by atoms with E-state index in [1.165, 1.54) is 0 Å². The van der Waals surface area contributed by atoms with Crippen LogP contribution in [0.1, 0.15) is 81.1 Å². The number of carbonyl (C=O) groups excluding carboxylic acids is 1. The molecule has 1 aromatic heterocycles. The molecular weight excluding hydrogens is 659 g/mol. The van der Waals surface area contributed by atoms with Gasteiger partial charge in [0.15, 0.2) is 5.82 Å². The van der Waals surface area contributed by atoms with Crippen molar-refractivity contribution in [2.24, 2.45) is 0 Å². The topological polar surface area (TPSA) is 103 Å². The summed E-state index contributed by atoms with van der Waals surface area (Å²) < 4.78 is 14.2. The lowest BCUT2D eigenvalue weighted by Gasteiger charge is -2.40. The Morgan fingerprint density at radius 1 is 0.804 bits per heavy atom. The fraction of sp³-hybridized carbons (Fsp3) is 0.350. The van der Waals surface area contributed by atoms with Gasteiger partial charge in [0.25, 0.3) is 0 Å². The molecule has 51 heavy (non-hydrogen) atoms. The largest absolute Gasteiger partial charge is 0.457 e. The van der Waals surface area contributed by atoms with Crippen LogP contribution in [-0.4, -0.2) is 44.4 Å². The molecule has 0 aliphatic carbocycles. The maximum atomic E-state index is 13.3. The summed E-state index contributed by atoms with van der Waals surface area (Å²) in [7, 11) is -0.270. The Hall–Kier alpha value is -4.35. The summed E-state index contributed by atoms with van der Waals surface area (Å²) in [4.78, 5) is 13.3. The van der Waals surface area contributed by atoms with Crippen molar-refractivity contribution in [1.82, 2.24) is 30.8 Å². The van der Waals surface area contributed by atoms with Crippen LogP contribution in [0.15, 0.2) is 115 Å². The number of nitrogens with zero attached hydrogens (tertiary/aromatic N) is 4. The van der Waals surface area contributed by atoms with Gasteiger partial charge in [0, 0.05) is 11.6 Å². The van der Waals surface area contributed by atoms with Gasteiger partial charge in [0.05, 0.1) is 22.8 Å². The number of tetrazole rings is 1. The molecule has 0 unspecified atom stereocenters. The van der Waals surface area contributed by atoms with E-state index in [0.29, 0.717) is 23.8 Å². The molecule has 9 nitrogen and oxygen atoms in total. The SMILES string of the molecule is CC1(C)OB(CCCC[C@@H](NC(c2ccccc2)(c2ccccc2)c2ccccc2)c2nnnn2CC(=O)NCc2ccc(Cl)cc2)OC1(C)C. The van der Waals surface area contributed by atoms with E-state index in [-0.39, 0.29) is 36.8 Å². The lowest BCUT2D eigenvalue weighted by Crippen LogP contribution is -2.47. The van der Waals surface area contributed by atoms with Gasteiger partial charge in [0.1, 0.15) is 6.54 Å². The number of rotatable bonds is 15. The lowest BCUT2D eigenvalue weighted by atomic mass is 9.76. The van der Waals surface area contributed by atoms with Crippen molar-refractivity contribution in [3.8, 4) is 0 Å². The van der Waals surface area contributed by atoms with Gasteiger partial charge in [0.2, 0.25) is 5.91 Å². The van der Waals surface area contributed by atoms with Gasteiger partial charge in [-0.05, 0) is 85.2 Å². The number of aromatic nitrogens is 4. The highest BCUT2D eigenvalue weighted by molar-refractivity contribution is 6.45. The van der Waals surface area contributed by atoms with Crippen LogP contribution in [0, 0.1) is 0 Å². The third-order valence-corrected chi connectivity index (χ3v) is 10.3. The van der Waals surface area contributed by atoms with Gasteiger partial charge in [-0.3, -0.25) is 10.1 Å². The Balaban J connectivity index is 1.31. The summed E-state index contributed by atoms with van der Waals surface area (Å²) in [6.07, 6.45) is 3.17. The quantitative estimate of drug-likeness (QED) is 0.0660. The minimum Gasteiger partial charge on any atom is -0.403 e. The molecule has 2 heterocycles. The van der Waals surface area contributed by atoms with Crippen molar-refractivity contribution in [2.45, 2.75) is 89.1 Å². The smallest absolute Gasteiger partial charge is 0.403 e. The number of nitrogens with one attached hydrogen (secondary N) is 2. The molecule has 1 aliphatic heterocycles. The fourth-order valence-corrected chi connectivity index (χ4v) is 6.78. The molecule has 0 saturated carbocycles. The van der Waals surface area contributed by atoms with E-state index in [0.717, 1.165) is 41.4 Å². The van der Waals surface area contributed by atoms with E-state index in [4.69, 9.17) is 20.9 Å². The van der Waals surface area contributed by atoms with Crippen molar-refractivity contribution in [3.05, 3.63) is 148 Å². The molecule has 1 amide bonds. The Bertz CT molecular complexity index is 1740. The van der Waals surface area contributed by atoms with Crippen molar-refractivity contribution in [2.75, 3.05) is 0 Å². The molecular formula is C40H46BClN6O3. The van der Waals surface area contributed by atoms with Crippen LogP contribution in [0.4, 0.5) is 0 Å². The Labute approximate surface area is 306 Å². The summed E-state index contributed by atoms with van der Waals surface area (Å²) in [5, 5.41) is 20.7. The first-order valence-corrected chi connectivity index (χ1v) is 18.0. The first-order valence-electron chi connectivity index (χ1n) is 17.6. The van der Waals surface area contributed by atoms with Gasteiger partial charge < -0.3 is 14.6 Å². The second kappa shape index (κ2) is 15.9. The number of hydrogen-bond donors (Lipinski definition) is 2. The summed E-state index contributed by atoms with van der Waals surface area (Å²) >= 11 is 6.05. The standard InChI is InChI=1S/C40H46BClN6O3/c1-38(2)39(3,4)51-41(50-38)27-15-14-22-35(37-45-46-47-48(37)29-36(49)43-28-30-23-25-34(42)26-24-30)44-40(31-16-8-5-9-17-31,32-18-10-6-11-19-32)33-20-12-7-13-21-33/h5-13,16-21,23-26,35,44H,14-15,22,27-29H2,1-4H3,(H,43,49)/t35-/m1/s1. The van der Waals surface area contributed by atoms with Crippen LogP contribution >= 0.6 is 11.6 Å². The molecule has 1 fully saturated rings. The Kier molecular flexibility index (Phi) is 11.4. The highest BCUT2D eigenvalue weighted by Gasteiger charge is 2.50. The van der Waals surface area contributed by atoms with Gasteiger partial charge in [-0.2, -0.15) is 0 Å². The predicted molar refractivity (Wildman–Crippen MR) is 201 cm³/mol. The van der Waals surface area contributed by atoms with Crippen LogP contribution in [0.25, 0.3) is 0 Å². The molecule has 2 N–H and O–H groups in total. The van der Waals surface area contributed by atoms with Crippen LogP contribution in [0.5, 0.6) is 0 Å². The highest BCUT2D eigenvalue weighted by Crippen LogP contribution is 2.41. The van der Waals surface area contributed by atoms with E-state index in [1.54, 1.807) is 4.68 Å². The summed E-state index contributed by atoms with van der Waals surface area (Å²) in [6.45, 7) is 8.65. The van der Waals surface area contributed by atoms with Crippen LogP contribution in [0.2, 0.25) is 11.3 Å². The molecule has 0 bridgehead atoms. The molecule has 1 atom stereocenters. The maximum absolute atomic E-state index is 13.3.